The topological polar surface area (TPSA) is 20.3 Å². The second-order valence-electron chi connectivity index (χ2n) is 7.77. The summed E-state index contributed by atoms with van der Waals surface area (Å²) >= 11 is 0. The zero-order chi connectivity index (χ0) is 30.3. The first kappa shape index (κ1) is 35.0. The first-order valence-corrected chi connectivity index (χ1v) is 9.69. The van der Waals surface area contributed by atoms with Crippen molar-refractivity contribution in [1.82, 2.24) is 4.90 Å². The molecule has 0 N–H and O–H groups in total. The molecule has 1 amide bonds. The van der Waals surface area contributed by atoms with Crippen LogP contribution in [0.3, 0.4) is 0 Å². The lowest BCUT2D eigenvalue weighted by atomic mass is 9.88. The highest BCUT2D eigenvalue weighted by molar-refractivity contribution is 5.92. The summed E-state index contributed by atoms with van der Waals surface area (Å²) in [5, 5.41) is 0. The summed E-state index contributed by atoms with van der Waals surface area (Å²) in [5.41, 5.74) is -0.0746. The Bertz CT molecular complexity index is 831. The number of hydrogen-bond donors (Lipinski definition) is 0. The summed E-state index contributed by atoms with van der Waals surface area (Å²) in [7, 11) is 0. The van der Waals surface area contributed by atoms with Crippen LogP contribution in [0.2, 0.25) is 0 Å². The maximum absolute atomic E-state index is 13.8. The van der Waals surface area contributed by atoms with Gasteiger partial charge in [-0.3, -0.25) is 4.79 Å². The van der Waals surface area contributed by atoms with Gasteiger partial charge in [0.2, 0.25) is 5.91 Å². The van der Waals surface area contributed by atoms with Crippen LogP contribution in [0.5, 0.6) is 0 Å². The number of hydrogen-bond acceptors (Lipinski definition) is 1. The van der Waals surface area contributed by atoms with Crippen molar-refractivity contribution in [3.63, 3.8) is 0 Å². The standard InChI is InChI=1S/C18H18F17NO/c1-4-36(10(37)9(2)3)8-6-5-7-11(19,20)12(21,22)13(23,24)14(25,26)15(27,28)16(29,30)17(31,32)18(33,34)35/h2,4-8H2,1,3H3. The number of halogens is 17. The first-order chi connectivity index (χ1) is 16.0. The minimum atomic E-state index is -8.63. The molecule has 0 aliphatic rings. The van der Waals surface area contributed by atoms with Gasteiger partial charge in [-0.15, -0.1) is 0 Å². The SMILES string of the molecule is C=C(C)C(=O)N(CC)CCCCC(F)(F)C(F)(F)C(F)(F)C(F)(F)C(F)(F)C(F)(F)C(F)(F)C(F)(F)F. The molecule has 0 fully saturated rings. The van der Waals surface area contributed by atoms with E-state index < -0.39 is 79.3 Å². The lowest BCUT2D eigenvalue weighted by molar-refractivity contribution is -0.461. The quantitative estimate of drug-likeness (QED) is 0.124. The minimum Gasteiger partial charge on any atom is -0.339 e. The van der Waals surface area contributed by atoms with E-state index >= 15 is 0 Å². The van der Waals surface area contributed by atoms with E-state index in [9.17, 15) is 79.4 Å². The molecule has 2 nitrogen and oxygen atoms in total. The Balaban J connectivity index is 6.09. The van der Waals surface area contributed by atoms with E-state index in [1.54, 1.807) is 0 Å². The molecule has 0 aromatic rings. The fourth-order valence-corrected chi connectivity index (χ4v) is 2.68. The van der Waals surface area contributed by atoms with E-state index in [2.05, 4.69) is 6.58 Å². The number of carbonyl (C=O) groups excluding carboxylic acids is 1. The highest BCUT2D eigenvalue weighted by Gasteiger charge is 2.95. The molecule has 220 valence electrons. The average molecular weight is 587 g/mol. The second kappa shape index (κ2) is 10.3. The lowest BCUT2D eigenvalue weighted by Gasteiger charge is -2.42. The smallest absolute Gasteiger partial charge is 0.339 e. The predicted octanol–water partition coefficient (Wildman–Crippen LogP) is 7.59. The summed E-state index contributed by atoms with van der Waals surface area (Å²) in [4.78, 5) is 12.6. The molecule has 0 unspecified atom stereocenters. The van der Waals surface area contributed by atoms with Crippen molar-refractivity contribution in [1.29, 1.82) is 0 Å². The van der Waals surface area contributed by atoms with Crippen LogP contribution in [0.15, 0.2) is 12.2 Å². The van der Waals surface area contributed by atoms with Gasteiger partial charge in [-0.2, -0.15) is 74.6 Å². The number of alkyl halides is 17. The Hall–Kier alpha value is -1.98. The molecule has 0 aromatic heterocycles. The molecule has 0 rings (SSSR count). The van der Waals surface area contributed by atoms with Gasteiger partial charge >= 0.3 is 47.6 Å². The Morgan fingerprint density at radius 3 is 1.30 bits per heavy atom. The largest absolute Gasteiger partial charge is 0.460 e. The van der Waals surface area contributed by atoms with Gasteiger partial charge < -0.3 is 4.90 Å². The zero-order valence-electron chi connectivity index (χ0n) is 18.5. The van der Waals surface area contributed by atoms with E-state index in [0.717, 1.165) is 4.90 Å². The van der Waals surface area contributed by atoms with E-state index in [1.165, 1.54) is 13.8 Å². The molecular formula is C18H18F17NO. The van der Waals surface area contributed by atoms with Crippen molar-refractivity contribution in [3.8, 4) is 0 Å². The first-order valence-electron chi connectivity index (χ1n) is 9.69. The molecule has 0 aliphatic heterocycles. The molecule has 0 aromatic carbocycles. The number of likely N-dealkylation sites (N-methyl/N-ethyl adjacent to an activating group) is 1. The minimum absolute atomic E-state index is 0.0746. The molecule has 37 heavy (non-hydrogen) atoms. The molecule has 0 aliphatic carbocycles. The Labute approximate surface area is 197 Å². The number of nitrogens with zero attached hydrogens (tertiary/aromatic N) is 1. The lowest BCUT2D eigenvalue weighted by Crippen LogP contribution is -2.74. The Kier molecular flexibility index (Phi) is 9.75. The van der Waals surface area contributed by atoms with Crippen molar-refractivity contribution in [3.05, 3.63) is 12.2 Å². The van der Waals surface area contributed by atoms with Crippen LogP contribution in [0.1, 0.15) is 33.1 Å². The second-order valence-corrected chi connectivity index (χ2v) is 7.77. The summed E-state index contributed by atoms with van der Waals surface area (Å²) in [5.74, 6) is -57.0. The van der Waals surface area contributed by atoms with E-state index in [4.69, 9.17) is 0 Å². The fourth-order valence-electron chi connectivity index (χ4n) is 2.68. The maximum Gasteiger partial charge on any atom is 0.460 e. The molecule has 0 saturated heterocycles. The van der Waals surface area contributed by atoms with Gasteiger partial charge in [0.15, 0.2) is 0 Å². The number of amides is 1. The number of rotatable bonds is 13. The van der Waals surface area contributed by atoms with Crippen LogP contribution in [-0.2, 0) is 4.79 Å². The van der Waals surface area contributed by atoms with Crippen LogP contribution in [0.25, 0.3) is 0 Å². The van der Waals surface area contributed by atoms with Crippen molar-refractivity contribution in [2.24, 2.45) is 0 Å². The number of unbranched alkanes of at least 4 members (excludes halogenated alkanes) is 1. The highest BCUT2D eigenvalue weighted by atomic mass is 19.4. The van der Waals surface area contributed by atoms with Gasteiger partial charge in [-0.05, 0) is 26.7 Å². The van der Waals surface area contributed by atoms with Crippen LogP contribution in [-0.4, -0.2) is 71.5 Å². The fraction of sp³-hybridized carbons (Fsp3) is 0.833. The Morgan fingerprint density at radius 1 is 0.622 bits per heavy atom. The van der Waals surface area contributed by atoms with E-state index in [1.807, 2.05) is 0 Å². The monoisotopic (exact) mass is 587 g/mol. The molecule has 0 atom stereocenters. The van der Waals surface area contributed by atoms with Crippen LogP contribution in [0, 0.1) is 0 Å². The van der Waals surface area contributed by atoms with Crippen molar-refractivity contribution in [2.45, 2.75) is 80.7 Å². The third kappa shape index (κ3) is 5.59. The molecule has 0 bridgehead atoms. The van der Waals surface area contributed by atoms with E-state index in [-0.39, 0.29) is 12.1 Å². The summed E-state index contributed by atoms with van der Waals surface area (Å²) < 4.78 is 224. The molecule has 0 heterocycles. The zero-order valence-corrected chi connectivity index (χ0v) is 18.5. The summed E-state index contributed by atoms with van der Waals surface area (Å²) in [6.07, 6.45) is -12.3. The van der Waals surface area contributed by atoms with Gasteiger partial charge in [0.25, 0.3) is 0 Å². The van der Waals surface area contributed by atoms with Crippen LogP contribution < -0.4 is 0 Å². The number of carbonyl (C=O) groups is 1. The Morgan fingerprint density at radius 2 is 0.973 bits per heavy atom. The molecule has 0 saturated carbocycles. The molecule has 0 spiro atoms. The van der Waals surface area contributed by atoms with Crippen LogP contribution in [0.4, 0.5) is 74.6 Å². The van der Waals surface area contributed by atoms with Crippen molar-refractivity contribution >= 4 is 5.91 Å². The third-order valence-corrected chi connectivity index (χ3v) is 4.99. The molecule has 0 radical (unpaired) electrons. The van der Waals surface area contributed by atoms with E-state index in [0.29, 0.717) is 0 Å². The van der Waals surface area contributed by atoms with Crippen molar-refractivity contribution in [2.75, 3.05) is 13.1 Å². The van der Waals surface area contributed by atoms with Crippen molar-refractivity contribution < 1.29 is 79.4 Å². The van der Waals surface area contributed by atoms with Crippen LogP contribution >= 0.6 is 0 Å². The van der Waals surface area contributed by atoms with Gasteiger partial charge in [0, 0.05) is 25.1 Å². The van der Waals surface area contributed by atoms with Gasteiger partial charge in [-0.1, -0.05) is 6.58 Å². The van der Waals surface area contributed by atoms with Gasteiger partial charge in [0.05, 0.1) is 0 Å². The maximum atomic E-state index is 13.8. The van der Waals surface area contributed by atoms with Gasteiger partial charge in [0.1, 0.15) is 0 Å². The summed E-state index contributed by atoms with van der Waals surface area (Å²) in [6, 6.07) is 0. The third-order valence-electron chi connectivity index (χ3n) is 4.99. The molecular weight excluding hydrogens is 569 g/mol. The predicted molar refractivity (Wildman–Crippen MR) is 91.6 cm³/mol. The normalized spacial score (nSPS) is 15.1. The molecule has 19 heteroatoms. The highest BCUT2D eigenvalue weighted by Crippen LogP contribution is 2.64. The average Bonchev–Trinajstić information content (AvgIpc) is 2.71. The summed E-state index contributed by atoms with van der Waals surface area (Å²) in [6.45, 7) is 5.21. The van der Waals surface area contributed by atoms with Gasteiger partial charge in [-0.25, -0.2) is 0 Å².